The fourth-order valence-electron chi connectivity index (χ4n) is 1.57. The van der Waals surface area contributed by atoms with Gasteiger partial charge in [-0.3, -0.25) is 10.1 Å². The molecule has 1 N–H and O–H groups in total. The molecule has 2 aromatic carbocycles. The van der Waals surface area contributed by atoms with Gasteiger partial charge in [0.25, 0.3) is 5.69 Å². The predicted molar refractivity (Wildman–Crippen MR) is 74.5 cm³/mol. The summed E-state index contributed by atoms with van der Waals surface area (Å²) in [5.74, 6) is -0.289. The van der Waals surface area contributed by atoms with Crippen LogP contribution in [0.2, 0.25) is 0 Å². The minimum atomic E-state index is -0.451. The van der Waals surface area contributed by atoms with E-state index in [-0.39, 0.29) is 11.5 Å². The van der Waals surface area contributed by atoms with Crippen LogP contribution in [0.15, 0.2) is 46.9 Å². The monoisotopic (exact) mass is 324 g/mol. The number of nitrogens with one attached hydrogen (secondary N) is 1. The van der Waals surface area contributed by atoms with Gasteiger partial charge in [-0.05, 0) is 45.8 Å². The largest absolute Gasteiger partial charge is 0.381 e. The van der Waals surface area contributed by atoms with Crippen molar-refractivity contribution < 1.29 is 9.31 Å². The van der Waals surface area contributed by atoms with Crippen LogP contribution in [-0.4, -0.2) is 4.92 Å². The molecule has 0 saturated heterocycles. The van der Waals surface area contributed by atoms with Gasteiger partial charge in [-0.1, -0.05) is 12.1 Å². The molecule has 0 saturated carbocycles. The first-order chi connectivity index (χ1) is 9.06. The van der Waals surface area contributed by atoms with E-state index in [1.807, 2.05) is 0 Å². The Balaban J connectivity index is 2.09. The van der Waals surface area contributed by atoms with Crippen LogP contribution in [0.4, 0.5) is 15.8 Å². The molecule has 0 heterocycles. The van der Waals surface area contributed by atoms with Gasteiger partial charge in [-0.2, -0.15) is 0 Å². The number of nitrogens with zero attached hydrogens (tertiary/aromatic N) is 1. The van der Waals surface area contributed by atoms with Crippen LogP contribution >= 0.6 is 15.9 Å². The maximum Gasteiger partial charge on any atom is 0.285 e. The van der Waals surface area contributed by atoms with Gasteiger partial charge < -0.3 is 5.32 Å². The average Bonchev–Trinajstić information content (AvgIpc) is 2.39. The zero-order valence-electron chi connectivity index (χ0n) is 9.77. The van der Waals surface area contributed by atoms with E-state index in [9.17, 15) is 14.5 Å². The van der Waals surface area contributed by atoms with Crippen molar-refractivity contribution in [3.05, 3.63) is 68.4 Å². The molecule has 0 bridgehead atoms. The molecule has 0 aromatic heterocycles. The lowest BCUT2D eigenvalue weighted by atomic mass is 10.2. The molecular weight excluding hydrogens is 315 g/mol. The van der Waals surface area contributed by atoms with E-state index in [4.69, 9.17) is 0 Å². The van der Waals surface area contributed by atoms with E-state index in [1.54, 1.807) is 24.3 Å². The van der Waals surface area contributed by atoms with Crippen LogP contribution in [0.1, 0.15) is 5.56 Å². The summed E-state index contributed by atoms with van der Waals surface area (Å²) in [6, 6.07) is 10.9. The number of hydrogen-bond acceptors (Lipinski definition) is 3. The predicted octanol–water partition coefficient (Wildman–Crippen LogP) is 4.11. The van der Waals surface area contributed by atoms with E-state index in [0.29, 0.717) is 16.7 Å². The molecule has 98 valence electrons. The molecule has 0 atom stereocenters. The topological polar surface area (TPSA) is 55.2 Å². The summed E-state index contributed by atoms with van der Waals surface area (Å²) < 4.78 is 13.2. The number of nitro groups is 1. The van der Waals surface area contributed by atoms with Crippen molar-refractivity contribution in [2.75, 3.05) is 5.32 Å². The van der Waals surface area contributed by atoms with Gasteiger partial charge in [-0.25, -0.2) is 4.39 Å². The summed E-state index contributed by atoms with van der Waals surface area (Å²) in [4.78, 5) is 10.3. The van der Waals surface area contributed by atoms with Crippen molar-refractivity contribution in [3.63, 3.8) is 0 Å². The molecule has 0 radical (unpaired) electrons. The summed E-state index contributed by atoms with van der Waals surface area (Å²) in [6.07, 6.45) is 0. The molecule has 0 aliphatic carbocycles. The van der Waals surface area contributed by atoms with Gasteiger partial charge in [0.1, 0.15) is 5.82 Å². The molecule has 19 heavy (non-hydrogen) atoms. The third-order valence-corrected chi connectivity index (χ3v) is 3.22. The highest BCUT2D eigenvalue weighted by molar-refractivity contribution is 9.10. The van der Waals surface area contributed by atoms with Gasteiger partial charge in [0.2, 0.25) is 0 Å². The van der Waals surface area contributed by atoms with E-state index < -0.39 is 4.92 Å². The van der Waals surface area contributed by atoms with Crippen molar-refractivity contribution >= 4 is 27.3 Å². The minimum Gasteiger partial charge on any atom is -0.381 e. The quantitative estimate of drug-likeness (QED) is 0.680. The van der Waals surface area contributed by atoms with E-state index in [2.05, 4.69) is 21.2 Å². The second-order valence-electron chi connectivity index (χ2n) is 3.90. The van der Waals surface area contributed by atoms with Crippen LogP contribution < -0.4 is 5.32 Å². The second kappa shape index (κ2) is 5.79. The first-order valence-electron chi connectivity index (χ1n) is 5.48. The van der Waals surface area contributed by atoms with Crippen LogP contribution in [0, 0.1) is 15.9 Å². The Labute approximate surface area is 117 Å². The number of rotatable bonds is 4. The molecule has 0 fully saturated rings. The van der Waals surface area contributed by atoms with Crippen LogP contribution in [0.25, 0.3) is 0 Å². The number of anilines is 1. The normalized spacial score (nSPS) is 10.2. The highest BCUT2D eigenvalue weighted by Crippen LogP contribution is 2.27. The molecule has 2 rings (SSSR count). The third kappa shape index (κ3) is 3.51. The summed E-state index contributed by atoms with van der Waals surface area (Å²) in [5.41, 5.74) is 1.54. The minimum absolute atomic E-state index is 0.00380. The fraction of sp³-hybridized carbons (Fsp3) is 0.0769. The molecule has 0 unspecified atom stereocenters. The van der Waals surface area contributed by atoms with E-state index >= 15 is 0 Å². The summed E-state index contributed by atoms with van der Waals surface area (Å²) in [7, 11) is 0. The Kier molecular flexibility index (Phi) is 4.11. The first kappa shape index (κ1) is 13.5. The fourth-order valence-corrected chi connectivity index (χ4v) is 1.96. The maximum absolute atomic E-state index is 12.7. The van der Waals surface area contributed by atoms with Crippen LogP contribution in [-0.2, 0) is 6.54 Å². The van der Waals surface area contributed by atoms with Crippen LogP contribution in [0.5, 0.6) is 0 Å². The SMILES string of the molecule is O=[N+]([O-])c1cc(NCc2ccc(F)cc2)ccc1Br. The number of nitro benzene ring substituents is 1. The summed E-state index contributed by atoms with van der Waals surface area (Å²) in [5, 5.41) is 13.8. The van der Waals surface area contributed by atoms with Crippen molar-refractivity contribution in [1.29, 1.82) is 0 Å². The smallest absolute Gasteiger partial charge is 0.285 e. The molecule has 4 nitrogen and oxygen atoms in total. The maximum atomic E-state index is 12.7. The first-order valence-corrected chi connectivity index (χ1v) is 6.28. The van der Waals surface area contributed by atoms with E-state index in [0.717, 1.165) is 5.56 Å². The number of halogens is 2. The number of hydrogen-bond donors (Lipinski definition) is 1. The Morgan fingerprint density at radius 1 is 1.21 bits per heavy atom. The number of benzene rings is 2. The van der Waals surface area contributed by atoms with Crippen LogP contribution in [0.3, 0.4) is 0 Å². The molecule has 0 amide bonds. The lowest BCUT2D eigenvalue weighted by Gasteiger charge is -2.07. The molecule has 0 spiro atoms. The summed E-state index contributed by atoms with van der Waals surface area (Å²) >= 11 is 3.12. The van der Waals surface area contributed by atoms with Crippen molar-refractivity contribution in [2.45, 2.75) is 6.54 Å². The lowest BCUT2D eigenvalue weighted by Crippen LogP contribution is -2.00. The molecular formula is C13H10BrFN2O2. The van der Waals surface area contributed by atoms with Gasteiger partial charge in [0.15, 0.2) is 0 Å². The van der Waals surface area contributed by atoms with Crippen molar-refractivity contribution in [1.82, 2.24) is 0 Å². The molecule has 6 heteroatoms. The Morgan fingerprint density at radius 3 is 2.53 bits per heavy atom. The second-order valence-corrected chi connectivity index (χ2v) is 4.76. The molecule has 0 aliphatic heterocycles. The standard InChI is InChI=1S/C13H10BrFN2O2/c14-12-6-5-11(7-13(12)17(18)19)16-8-9-1-3-10(15)4-2-9/h1-7,16H,8H2. The molecule has 0 aliphatic rings. The zero-order chi connectivity index (χ0) is 13.8. The molecule has 2 aromatic rings. The Morgan fingerprint density at radius 2 is 1.89 bits per heavy atom. The van der Waals surface area contributed by atoms with Crippen molar-refractivity contribution in [3.8, 4) is 0 Å². The Bertz CT molecular complexity index is 602. The van der Waals surface area contributed by atoms with Gasteiger partial charge >= 0.3 is 0 Å². The average molecular weight is 325 g/mol. The highest BCUT2D eigenvalue weighted by Gasteiger charge is 2.11. The van der Waals surface area contributed by atoms with Crippen molar-refractivity contribution in [2.24, 2.45) is 0 Å². The van der Waals surface area contributed by atoms with Gasteiger partial charge in [0, 0.05) is 18.3 Å². The highest BCUT2D eigenvalue weighted by atomic mass is 79.9. The van der Waals surface area contributed by atoms with Gasteiger partial charge in [-0.15, -0.1) is 0 Å². The van der Waals surface area contributed by atoms with Gasteiger partial charge in [0.05, 0.1) is 9.40 Å². The lowest BCUT2D eigenvalue weighted by molar-refractivity contribution is -0.385. The summed E-state index contributed by atoms with van der Waals surface area (Å²) in [6.45, 7) is 0.471. The third-order valence-electron chi connectivity index (χ3n) is 2.55. The Hall–Kier alpha value is -1.95. The van der Waals surface area contributed by atoms with E-state index in [1.165, 1.54) is 18.2 Å². The zero-order valence-corrected chi connectivity index (χ0v) is 11.4.